The highest BCUT2D eigenvalue weighted by molar-refractivity contribution is 6.68. The minimum Gasteiger partial charge on any atom is -0.276 e. The van der Waals surface area contributed by atoms with E-state index in [2.05, 4.69) is 9.97 Å². The van der Waals surface area contributed by atoms with E-state index in [1.807, 2.05) is 0 Å². The molecule has 2 aromatic rings. The van der Waals surface area contributed by atoms with E-state index in [4.69, 9.17) is 46.4 Å². The number of hydrogen-bond donors (Lipinski definition) is 0. The van der Waals surface area contributed by atoms with E-state index in [0.29, 0.717) is 10.7 Å². The lowest BCUT2D eigenvalue weighted by atomic mass is 10.3. The predicted molar refractivity (Wildman–Crippen MR) is 78.9 cm³/mol. The van der Waals surface area contributed by atoms with Gasteiger partial charge in [-0.3, -0.25) is 9.59 Å². The molecule has 0 N–H and O–H groups in total. The Morgan fingerprint density at radius 3 is 2.05 bits per heavy atom. The number of halogens is 4. The summed E-state index contributed by atoms with van der Waals surface area (Å²) in [6.07, 6.45) is 2.82. The van der Waals surface area contributed by atoms with E-state index in [1.165, 1.54) is 30.6 Å². The fraction of sp³-hybridized carbons (Fsp3) is 0. The number of pyridine rings is 2. The molecule has 0 fully saturated rings. The molecule has 4 nitrogen and oxygen atoms in total. The number of nitrogens with zero attached hydrogens (tertiary/aromatic N) is 2. The van der Waals surface area contributed by atoms with E-state index < -0.39 is 10.5 Å². The van der Waals surface area contributed by atoms with Gasteiger partial charge in [-0.05, 0) is 47.5 Å². The third kappa shape index (κ3) is 5.43. The summed E-state index contributed by atoms with van der Waals surface area (Å²) in [7, 11) is 0. The van der Waals surface area contributed by atoms with Crippen LogP contribution >= 0.6 is 46.4 Å². The lowest BCUT2D eigenvalue weighted by molar-refractivity contribution is 0.107. The standard InChI is InChI=1S/2C6H3Cl2NO/c7-5-2-1-4(3-9-5)6(8)10;7-5-4(6(8)10)2-1-3-9-5/h2*1-3H. The van der Waals surface area contributed by atoms with E-state index in [-0.39, 0.29) is 10.7 Å². The molecule has 0 aliphatic heterocycles. The molecule has 0 bridgehead atoms. The van der Waals surface area contributed by atoms with Crippen molar-refractivity contribution in [3.05, 3.63) is 58.1 Å². The van der Waals surface area contributed by atoms with Crippen molar-refractivity contribution >= 4 is 56.9 Å². The number of carbonyl (C=O) groups excluding carboxylic acids is 2. The molecule has 2 aromatic heterocycles. The molecular formula is C12H6Cl4N2O2. The fourth-order valence-electron chi connectivity index (χ4n) is 1.02. The predicted octanol–water partition coefficient (Wildman–Crippen LogP) is 4.23. The molecule has 2 rings (SSSR count). The molecular weight excluding hydrogens is 346 g/mol. The minimum atomic E-state index is -0.585. The quantitative estimate of drug-likeness (QED) is 0.600. The summed E-state index contributed by atoms with van der Waals surface area (Å²) in [4.78, 5) is 28.3. The molecule has 0 saturated carbocycles. The summed E-state index contributed by atoms with van der Waals surface area (Å²) in [6, 6.07) is 6.15. The van der Waals surface area contributed by atoms with Crippen molar-refractivity contribution in [1.82, 2.24) is 9.97 Å². The Labute approximate surface area is 134 Å². The van der Waals surface area contributed by atoms with Gasteiger partial charge in [-0.15, -0.1) is 0 Å². The van der Waals surface area contributed by atoms with Gasteiger partial charge in [-0.2, -0.15) is 0 Å². The molecule has 0 saturated heterocycles. The van der Waals surface area contributed by atoms with Crippen LogP contribution in [0.5, 0.6) is 0 Å². The first-order valence-electron chi connectivity index (χ1n) is 5.03. The highest BCUT2D eigenvalue weighted by Gasteiger charge is 2.05. The molecule has 0 aliphatic rings. The van der Waals surface area contributed by atoms with Crippen LogP contribution < -0.4 is 0 Å². The van der Waals surface area contributed by atoms with Crippen molar-refractivity contribution in [2.24, 2.45) is 0 Å². The van der Waals surface area contributed by atoms with Crippen LogP contribution in [0.4, 0.5) is 0 Å². The fourth-order valence-corrected chi connectivity index (χ4v) is 1.65. The normalized spacial score (nSPS) is 9.40. The Morgan fingerprint density at radius 1 is 0.950 bits per heavy atom. The second-order valence-corrected chi connectivity index (χ2v) is 4.69. The first kappa shape index (κ1) is 16.9. The van der Waals surface area contributed by atoms with Gasteiger partial charge in [0, 0.05) is 12.4 Å². The highest BCUT2D eigenvalue weighted by Crippen LogP contribution is 2.13. The molecule has 0 unspecified atom stereocenters. The number of rotatable bonds is 2. The van der Waals surface area contributed by atoms with Crippen LogP contribution in [0.15, 0.2) is 36.7 Å². The van der Waals surface area contributed by atoms with Crippen LogP contribution in [0.3, 0.4) is 0 Å². The highest BCUT2D eigenvalue weighted by atomic mass is 35.5. The second-order valence-electron chi connectivity index (χ2n) is 3.26. The smallest absolute Gasteiger partial charge is 0.255 e. The average molecular weight is 352 g/mol. The van der Waals surface area contributed by atoms with Crippen molar-refractivity contribution in [3.8, 4) is 0 Å². The van der Waals surface area contributed by atoms with Crippen LogP contribution in [0, 0.1) is 0 Å². The number of hydrogen-bond acceptors (Lipinski definition) is 4. The van der Waals surface area contributed by atoms with Gasteiger partial charge in [0.15, 0.2) is 0 Å². The van der Waals surface area contributed by atoms with Crippen molar-refractivity contribution in [2.75, 3.05) is 0 Å². The first-order valence-corrected chi connectivity index (χ1v) is 6.54. The summed E-state index contributed by atoms with van der Waals surface area (Å²) in [6.45, 7) is 0. The van der Waals surface area contributed by atoms with Crippen molar-refractivity contribution in [2.45, 2.75) is 0 Å². The van der Waals surface area contributed by atoms with Gasteiger partial charge in [-0.25, -0.2) is 9.97 Å². The Bertz CT molecular complexity index is 617. The Morgan fingerprint density at radius 2 is 1.65 bits per heavy atom. The third-order valence-electron chi connectivity index (χ3n) is 1.93. The van der Waals surface area contributed by atoms with Crippen LogP contribution in [0.2, 0.25) is 10.3 Å². The van der Waals surface area contributed by atoms with Crippen LogP contribution in [-0.4, -0.2) is 20.5 Å². The van der Waals surface area contributed by atoms with Gasteiger partial charge in [0.25, 0.3) is 10.5 Å². The van der Waals surface area contributed by atoms with Crippen molar-refractivity contribution in [1.29, 1.82) is 0 Å². The molecule has 2 heterocycles. The molecule has 0 amide bonds. The minimum absolute atomic E-state index is 0.141. The van der Waals surface area contributed by atoms with Crippen molar-refractivity contribution in [3.63, 3.8) is 0 Å². The molecule has 0 aliphatic carbocycles. The topological polar surface area (TPSA) is 59.9 Å². The maximum Gasteiger partial charge on any atom is 0.255 e. The van der Waals surface area contributed by atoms with Crippen molar-refractivity contribution < 1.29 is 9.59 Å². The average Bonchev–Trinajstić information content (AvgIpc) is 2.40. The SMILES string of the molecule is O=C(Cl)c1ccc(Cl)nc1.O=C(Cl)c1cccnc1Cl. The molecule has 0 aromatic carbocycles. The summed E-state index contributed by atoms with van der Waals surface area (Å²) in [5, 5.41) is -0.619. The van der Waals surface area contributed by atoms with Gasteiger partial charge in [0.2, 0.25) is 0 Å². The third-order valence-corrected chi connectivity index (χ3v) is 2.87. The summed E-state index contributed by atoms with van der Waals surface area (Å²) in [5.74, 6) is 0. The van der Waals surface area contributed by atoms with E-state index in [0.717, 1.165) is 0 Å². The molecule has 0 radical (unpaired) electrons. The maximum atomic E-state index is 10.5. The lowest BCUT2D eigenvalue weighted by Crippen LogP contribution is -1.90. The Kier molecular flexibility index (Phi) is 6.88. The van der Waals surface area contributed by atoms with Crippen LogP contribution in [-0.2, 0) is 0 Å². The summed E-state index contributed by atoms with van der Waals surface area (Å²) in [5.41, 5.74) is 0.594. The molecule has 0 spiro atoms. The van der Waals surface area contributed by atoms with E-state index >= 15 is 0 Å². The van der Waals surface area contributed by atoms with Crippen LogP contribution in [0.1, 0.15) is 20.7 Å². The number of carbonyl (C=O) groups is 2. The van der Waals surface area contributed by atoms with Crippen LogP contribution in [0.25, 0.3) is 0 Å². The molecule has 0 atom stereocenters. The van der Waals surface area contributed by atoms with Gasteiger partial charge < -0.3 is 0 Å². The molecule has 8 heteroatoms. The first-order chi connectivity index (χ1) is 9.41. The van der Waals surface area contributed by atoms with E-state index in [1.54, 1.807) is 6.07 Å². The lowest BCUT2D eigenvalue weighted by Gasteiger charge is -1.92. The largest absolute Gasteiger partial charge is 0.276 e. The molecule has 20 heavy (non-hydrogen) atoms. The molecule has 104 valence electrons. The van der Waals surface area contributed by atoms with Gasteiger partial charge in [-0.1, -0.05) is 23.2 Å². The summed E-state index contributed by atoms with van der Waals surface area (Å²) >= 11 is 21.2. The Balaban J connectivity index is 0.000000200. The van der Waals surface area contributed by atoms with Gasteiger partial charge >= 0.3 is 0 Å². The zero-order chi connectivity index (χ0) is 15.1. The number of aromatic nitrogens is 2. The Hall–Kier alpha value is -1.20. The van der Waals surface area contributed by atoms with Gasteiger partial charge in [0.1, 0.15) is 10.3 Å². The monoisotopic (exact) mass is 350 g/mol. The van der Waals surface area contributed by atoms with Gasteiger partial charge in [0.05, 0.1) is 11.1 Å². The maximum absolute atomic E-state index is 10.5. The second kappa shape index (κ2) is 8.17. The summed E-state index contributed by atoms with van der Waals surface area (Å²) < 4.78 is 0. The zero-order valence-corrected chi connectivity index (χ0v) is 12.7. The van der Waals surface area contributed by atoms with E-state index in [9.17, 15) is 9.59 Å². The zero-order valence-electron chi connectivity index (χ0n) is 9.69.